The first-order chi connectivity index (χ1) is 16.5. The van der Waals surface area contributed by atoms with E-state index in [-0.39, 0.29) is 18.0 Å². The van der Waals surface area contributed by atoms with Gasteiger partial charge in [-0.2, -0.15) is 0 Å². The Kier molecular flexibility index (Phi) is 5.73. The molecule has 1 aliphatic rings. The van der Waals surface area contributed by atoms with Gasteiger partial charge >= 0.3 is 5.97 Å². The molecule has 2 amide bonds. The number of carbonyl (C=O) groups excluding carboxylic acids is 2. The van der Waals surface area contributed by atoms with Gasteiger partial charge in [0.25, 0.3) is 5.91 Å². The van der Waals surface area contributed by atoms with E-state index < -0.39 is 11.9 Å². The topological polar surface area (TPSA) is 91.1 Å². The highest BCUT2D eigenvalue weighted by Crippen LogP contribution is 2.35. The molecule has 0 atom stereocenters. The molecule has 0 saturated heterocycles. The molecule has 3 heterocycles. The van der Waals surface area contributed by atoms with Gasteiger partial charge in [0.15, 0.2) is 0 Å². The van der Waals surface area contributed by atoms with E-state index in [0.29, 0.717) is 35.7 Å². The molecule has 0 fully saturated rings. The number of fused-ring (bicyclic) bond motifs is 2. The highest BCUT2D eigenvalue weighted by Gasteiger charge is 2.32. The first kappa shape index (κ1) is 21.7. The van der Waals surface area contributed by atoms with Crippen molar-refractivity contribution in [2.45, 2.75) is 6.42 Å². The van der Waals surface area contributed by atoms with E-state index in [2.05, 4.69) is 0 Å². The maximum absolute atomic E-state index is 13.1. The van der Waals surface area contributed by atoms with Gasteiger partial charge in [-0.05, 0) is 54.3 Å². The number of hydrogen-bond donors (Lipinski definition) is 1. The van der Waals surface area contributed by atoms with Gasteiger partial charge < -0.3 is 14.4 Å². The molecule has 7 nitrogen and oxygen atoms in total. The fourth-order valence-electron chi connectivity index (χ4n) is 3.99. The van der Waals surface area contributed by atoms with Crippen LogP contribution in [-0.4, -0.2) is 36.0 Å². The van der Waals surface area contributed by atoms with Crippen LogP contribution in [0.25, 0.3) is 17.0 Å². The first-order valence-corrected chi connectivity index (χ1v) is 11.6. The maximum Gasteiger partial charge on any atom is 0.335 e. The predicted molar refractivity (Wildman–Crippen MR) is 131 cm³/mol. The molecular weight excluding hydrogens is 452 g/mol. The largest absolute Gasteiger partial charge is 0.478 e. The van der Waals surface area contributed by atoms with Crippen LogP contribution in [0.2, 0.25) is 0 Å². The molecule has 2 aromatic carbocycles. The van der Waals surface area contributed by atoms with Gasteiger partial charge in [0.05, 0.1) is 16.9 Å². The molecule has 1 N–H and O–H groups in total. The van der Waals surface area contributed by atoms with Crippen LogP contribution in [0.1, 0.15) is 21.0 Å². The van der Waals surface area contributed by atoms with Crippen molar-refractivity contribution in [3.63, 3.8) is 0 Å². The Hall–Kier alpha value is -4.17. The zero-order valence-electron chi connectivity index (χ0n) is 18.0. The lowest BCUT2D eigenvalue weighted by Crippen LogP contribution is -2.48. The van der Waals surface area contributed by atoms with Crippen LogP contribution in [0.15, 0.2) is 76.5 Å². The summed E-state index contributed by atoms with van der Waals surface area (Å²) in [6.07, 6.45) is 3.56. The van der Waals surface area contributed by atoms with Crippen molar-refractivity contribution < 1.29 is 23.9 Å². The SMILES string of the molecule is O=C(O)c1ccc2c(c1)N(C(=O)/C=C/c1cc3ccccc3o1)CC(=O)N2CCc1cccs1. The summed E-state index contributed by atoms with van der Waals surface area (Å²) in [4.78, 5) is 41.8. The third kappa shape index (κ3) is 4.23. The third-order valence-corrected chi connectivity index (χ3v) is 6.60. The number of carbonyl (C=O) groups is 3. The van der Waals surface area contributed by atoms with Crippen molar-refractivity contribution in [2.75, 3.05) is 22.9 Å². The Morgan fingerprint density at radius 2 is 1.91 bits per heavy atom. The number of para-hydroxylation sites is 1. The molecule has 0 spiro atoms. The van der Waals surface area contributed by atoms with E-state index in [0.717, 1.165) is 10.3 Å². The zero-order chi connectivity index (χ0) is 23.7. The van der Waals surface area contributed by atoms with Gasteiger partial charge in [-0.3, -0.25) is 14.5 Å². The monoisotopic (exact) mass is 472 g/mol. The van der Waals surface area contributed by atoms with E-state index in [9.17, 15) is 19.5 Å². The quantitative estimate of drug-likeness (QED) is 0.406. The van der Waals surface area contributed by atoms with Crippen LogP contribution in [0.3, 0.4) is 0 Å². The molecule has 4 aromatic rings. The zero-order valence-corrected chi connectivity index (χ0v) is 18.8. The number of anilines is 2. The molecule has 0 saturated carbocycles. The fourth-order valence-corrected chi connectivity index (χ4v) is 4.69. The summed E-state index contributed by atoms with van der Waals surface area (Å²) in [6.45, 7) is 0.263. The van der Waals surface area contributed by atoms with E-state index in [1.807, 2.05) is 47.8 Å². The number of aromatic carboxylic acids is 1. The summed E-state index contributed by atoms with van der Waals surface area (Å²) >= 11 is 1.61. The van der Waals surface area contributed by atoms with E-state index in [1.165, 1.54) is 23.1 Å². The molecular formula is C26H20N2O5S. The van der Waals surface area contributed by atoms with E-state index in [1.54, 1.807) is 28.4 Å². The minimum Gasteiger partial charge on any atom is -0.478 e. The van der Waals surface area contributed by atoms with Gasteiger partial charge in [0.2, 0.25) is 5.91 Å². The van der Waals surface area contributed by atoms with Gasteiger partial charge in [-0.25, -0.2) is 4.79 Å². The van der Waals surface area contributed by atoms with Crippen molar-refractivity contribution in [3.05, 3.63) is 88.3 Å². The standard InChI is InChI=1S/C26H20N2O5S/c29-24(10-8-19-14-17-4-1-2-6-23(17)33-19)28-16-25(30)27(12-11-20-5-3-13-34-20)21-9-7-18(26(31)32)15-22(21)28/h1-10,13-15H,11-12,16H2,(H,31,32)/b10-8+. The lowest BCUT2D eigenvalue weighted by molar-refractivity contribution is -0.120. The number of thiophene rings is 1. The lowest BCUT2D eigenvalue weighted by Gasteiger charge is -2.36. The second-order valence-corrected chi connectivity index (χ2v) is 8.86. The molecule has 8 heteroatoms. The second-order valence-electron chi connectivity index (χ2n) is 7.83. The van der Waals surface area contributed by atoms with Crippen LogP contribution in [0.5, 0.6) is 0 Å². The smallest absolute Gasteiger partial charge is 0.335 e. The molecule has 5 rings (SSSR count). The summed E-state index contributed by atoms with van der Waals surface area (Å²) in [5.41, 5.74) is 1.67. The number of carboxylic acid groups (broad SMARTS) is 1. The van der Waals surface area contributed by atoms with Crippen LogP contribution < -0.4 is 9.80 Å². The highest BCUT2D eigenvalue weighted by molar-refractivity contribution is 7.09. The number of furan rings is 1. The number of rotatable bonds is 6. The summed E-state index contributed by atoms with van der Waals surface area (Å²) in [6, 6.07) is 17.8. The summed E-state index contributed by atoms with van der Waals surface area (Å²) in [7, 11) is 0. The van der Waals surface area contributed by atoms with Crippen LogP contribution in [-0.2, 0) is 16.0 Å². The van der Waals surface area contributed by atoms with Crippen LogP contribution in [0, 0.1) is 0 Å². The average molecular weight is 473 g/mol. The number of amides is 2. The summed E-state index contributed by atoms with van der Waals surface area (Å²) < 4.78 is 5.72. The fraction of sp³-hybridized carbons (Fsp3) is 0.115. The van der Waals surface area contributed by atoms with Crippen molar-refractivity contribution >= 4 is 57.5 Å². The Labute approximate surface area is 199 Å². The number of hydrogen-bond acceptors (Lipinski definition) is 5. The maximum atomic E-state index is 13.1. The van der Waals surface area contributed by atoms with Crippen LogP contribution in [0.4, 0.5) is 11.4 Å². The van der Waals surface area contributed by atoms with Gasteiger partial charge in [0, 0.05) is 22.9 Å². The molecule has 34 heavy (non-hydrogen) atoms. The minimum absolute atomic E-state index is 0.0466. The molecule has 170 valence electrons. The minimum atomic E-state index is -1.10. The number of benzene rings is 2. The van der Waals surface area contributed by atoms with Gasteiger partial charge in [-0.15, -0.1) is 11.3 Å². The predicted octanol–water partition coefficient (Wildman–Crippen LogP) is 4.83. The Balaban J connectivity index is 1.44. The number of carboxylic acids is 1. The Bertz CT molecular complexity index is 1390. The van der Waals surface area contributed by atoms with E-state index >= 15 is 0 Å². The molecule has 0 aliphatic carbocycles. The van der Waals surface area contributed by atoms with Crippen molar-refractivity contribution in [2.24, 2.45) is 0 Å². The number of nitrogens with zero attached hydrogens (tertiary/aromatic N) is 2. The van der Waals surface area contributed by atoms with Gasteiger partial charge in [-0.1, -0.05) is 24.3 Å². The molecule has 2 aromatic heterocycles. The molecule has 1 aliphatic heterocycles. The Morgan fingerprint density at radius 3 is 2.68 bits per heavy atom. The highest BCUT2D eigenvalue weighted by atomic mass is 32.1. The van der Waals surface area contributed by atoms with E-state index in [4.69, 9.17) is 4.42 Å². The average Bonchev–Trinajstić information content (AvgIpc) is 3.50. The van der Waals surface area contributed by atoms with Crippen molar-refractivity contribution in [1.29, 1.82) is 0 Å². The molecule has 0 unspecified atom stereocenters. The normalized spacial score (nSPS) is 13.6. The first-order valence-electron chi connectivity index (χ1n) is 10.7. The molecule has 0 bridgehead atoms. The van der Waals surface area contributed by atoms with Crippen LogP contribution >= 0.6 is 11.3 Å². The lowest BCUT2D eigenvalue weighted by atomic mass is 10.1. The molecule has 0 radical (unpaired) electrons. The van der Waals surface area contributed by atoms with Crippen molar-refractivity contribution in [3.8, 4) is 0 Å². The third-order valence-electron chi connectivity index (χ3n) is 5.66. The second kappa shape index (κ2) is 8.99. The summed E-state index contributed by atoms with van der Waals surface area (Å²) in [5, 5.41) is 12.4. The Morgan fingerprint density at radius 1 is 1.06 bits per heavy atom. The summed E-state index contributed by atoms with van der Waals surface area (Å²) in [5.74, 6) is -1.25. The van der Waals surface area contributed by atoms with Crippen molar-refractivity contribution in [1.82, 2.24) is 0 Å². The van der Waals surface area contributed by atoms with Gasteiger partial charge in [0.1, 0.15) is 17.9 Å².